The predicted molar refractivity (Wildman–Crippen MR) is 119 cm³/mol. The Hall–Kier alpha value is -2.90. The second-order valence-corrected chi connectivity index (χ2v) is 9.01. The van der Waals surface area contributed by atoms with E-state index < -0.39 is 11.5 Å². The van der Waals surface area contributed by atoms with Crippen LogP contribution in [0.1, 0.15) is 42.1 Å². The molecule has 1 fully saturated rings. The molecule has 32 heavy (non-hydrogen) atoms. The third-order valence-corrected chi connectivity index (χ3v) is 6.74. The monoisotopic (exact) mass is 436 g/mol. The number of likely N-dealkylation sites (tertiary alicyclic amines) is 1. The summed E-state index contributed by atoms with van der Waals surface area (Å²) < 4.78 is 11.1. The van der Waals surface area contributed by atoms with Crippen molar-refractivity contribution < 1.29 is 24.2 Å². The van der Waals surface area contributed by atoms with Crippen molar-refractivity contribution in [3.8, 4) is 11.5 Å². The number of Topliss-reactive ketones (excluding diaryl/α,β-unsaturated/α-hetero) is 1. The second-order valence-electron chi connectivity index (χ2n) is 9.01. The van der Waals surface area contributed by atoms with Gasteiger partial charge in [0.05, 0.1) is 18.8 Å². The first-order chi connectivity index (χ1) is 15.5. The molecule has 0 bridgehead atoms. The Labute approximate surface area is 187 Å². The van der Waals surface area contributed by atoms with Crippen molar-refractivity contribution in [1.82, 2.24) is 4.90 Å². The molecule has 0 saturated carbocycles. The molecule has 1 atom stereocenters. The van der Waals surface area contributed by atoms with Crippen LogP contribution in [0, 0.1) is 5.92 Å². The van der Waals surface area contributed by atoms with Crippen molar-refractivity contribution in [2.45, 2.75) is 31.8 Å². The molecule has 1 N–H and O–H groups in total. The van der Waals surface area contributed by atoms with Crippen LogP contribution in [0.25, 0.3) is 0 Å². The molecule has 168 valence electrons. The normalized spacial score (nSPS) is 23.3. The summed E-state index contributed by atoms with van der Waals surface area (Å²) in [4.78, 5) is 30.5. The summed E-state index contributed by atoms with van der Waals surface area (Å²) in [5.74, 6) is 1.03. The molecule has 0 radical (unpaired) electrons. The molecule has 2 aromatic rings. The average molecular weight is 437 g/mol. The highest BCUT2D eigenvalue weighted by atomic mass is 16.6. The number of carbonyl (C=O) groups is 2. The molecular weight excluding hydrogens is 408 g/mol. The van der Waals surface area contributed by atoms with Gasteiger partial charge >= 0.3 is 0 Å². The minimum absolute atomic E-state index is 0.318. The molecule has 1 amide bonds. The van der Waals surface area contributed by atoms with Gasteiger partial charge in [-0.1, -0.05) is 25.1 Å². The SMILES string of the molecule is CC1CCN(CN2C(=O)C(O)(CC(=O)c3ccc4c(c3)OCCO4)c3ccccc32)CC1. The summed E-state index contributed by atoms with van der Waals surface area (Å²) in [6.45, 7) is 5.39. The number of ketones is 1. The minimum atomic E-state index is -1.88. The molecular formula is C25H28N2O5. The number of anilines is 1. The summed E-state index contributed by atoms with van der Waals surface area (Å²) in [5, 5.41) is 11.5. The van der Waals surface area contributed by atoms with Crippen molar-refractivity contribution in [1.29, 1.82) is 0 Å². The molecule has 3 aliphatic heterocycles. The number of rotatable bonds is 5. The number of fused-ring (bicyclic) bond motifs is 2. The highest BCUT2D eigenvalue weighted by molar-refractivity contribution is 6.10. The highest BCUT2D eigenvalue weighted by Gasteiger charge is 2.51. The van der Waals surface area contributed by atoms with Gasteiger partial charge in [0.1, 0.15) is 13.2 Å². The Balaban J connectivity index is 1.39. The van der Waals surface area contributed by atoms with Gasteiger partial charge in [-0.15, -0.1) is 0 Å². The van der Waals surface area contributed by atoms with Crippen LogP contribution in [0.4, 0.5) is 5.69 Å². The van der Waals surface area contributed by atoms with Crippen LogP contribution in [0.15, 0.2) is 42.5 Å². The fraction of sp³-hybridized carbons (Fsp3) is 0.440. The number of hydrogen-bond donors (Lipinski definition) is 1. The Kier molecular flexibility index (Phi) is 5.39. The number of carbonyl (C=O) groups excluding carboxylic acids is 2. The topological polar surface area (TPSA) is 79.3 Å². The quantitative estimate of drug-likeness (QED) is 0.726. The Morgan fingerprint density at radius 1 is 1.09 bits per heavy atom. The van der Waals surface area contributed by atoms with Crippen molar-refractivity contribution >= 4 is 17.4 Å². The van der Waals surface area contributed by atoms with Crippen LogP contribution in [0.5, 0.6) is 11.5 Å². The minimum Gasteiger partial charge on any atom is -0.486 e. The van der Waals surface area contributed by atoms with Crippen LogP contribution in [-0.2, 0) is 10.4 Å². The maximum Gasteiger partial charge on any atom is 0.265 e. The van der Waals surface area contributed by atoms with Crippen LogP contribution in [0.2, 0.25) is 0 Å². The van der Waals surface area contributed by atoms with Gasteiger partial charge in [0, 0.05) is 24.2 Å². The number of piperidine rings is 1. The molecule has 3 heterocycles. The molecule has 7 nitrogen and oxygen atoms in total. The van der Waals surface area contributed by atoms with Gasteiger partial charge in [0.25, 0.3) is 5.91 Å². The van der Waals surface area contributed by atoms with Gasteiger partial charge in [0.2, 0.25) is 0 Å². The first-order valence-corrected chi connectivity index (χ1v) is 11.2. The van der Waals surface area contributed by atoms with Crippen molar-refractivity contribution in [3.63, 3.8) is 0 Å². The van der Waals surface area contributed by atoms with Gasteiger partial charge in [-0.2, -0.15) is 0 Å². The largest absolute Gasteiger partial charge is 0.486 e. The van der Waals surface area contributed by atoms with E-state index in [4.69, 9.17) is 9.47 Å². The molecule has 0 aliphatic carbocycles. The van der Waals surface area contributed by atoms with E-state index in [-0.39, 0.29) is 12.2 Å². The maximum absolute atomic E-state index is 13.5. The van der Waals surface area contributed by atoms with E-state index in [2.05, 4.69) is 11.8 Å². The van der Waals surface area contributed by atoms with E-state index in [9.17, 15) is 14.7 Å². The number of benzene rings is 2. The van der Waals surface area contributed by atoms with Gasteiger partial charge in [-0.05, 0) is 43.0 Å². The van der Waals surface area contributed by atoms with Crippen molar-refractivity contribution in [3.05, 3.63) is 53.6 Å². The van der Waals surface area contributed by atoms with E-state index in [1.165, 1.54) is 0 Å². The van der Waals surface area contributed by atoms with E-state index in [1.807, 2.05) is 12.1 Å². The first-order valence-electron chi connectivity index (χ1n) is 11.2. The van der Waals surface area contributed by atoms with Gasteiger partial charge in [0.15, 0.2) is 22.9 Å². The lowest BCUT2D eigenvalue weighted by atomic mass is 9.88. The molecule has 0 aromatic heterocycles. The van der Waals surface area contributed by atoms with Gasteiger partial charge < -0.3 is 14.6 Å². The summed E-state index contributed by atoms with van der Waals surface area (Å²) in [5.41, 5.74) is -0.337. The standard InChI is InChI=1S/C25H28N2O5/c1-17-8-10-26(11-9-17)16-27-20-5-3-2-4-19(20)25(30,24(27)29)15-21(28)18-6-7-22-23(14-18)32-13-12-31-22/h2-7,14,17,30H,8-13,15-16H2,1H3. The highest BCUT2D eigenvalue weighted by Crippen LogP contribution is 2.43. The first kappa shape index (κ1) is 21.0. The Bertz CT molecular complexity index is 1050. The summed E-state index contributed by atoms with van der Waals surface area (Å²) in [7, 11) is 0. The predicted octanol–water partition coefficient (Wildman–Crippen LogP) is 2.95. The van der Waals surface area contributed by atoms with E-state index in [0.29, 0.717) is 54.1 Å². The Morgan fingerprint density at radius 3 is 2.59 bits per heavy atom. The van der Waals surface area contributed by atoms with E-state index in [0.717, 1.165) is 25.9 Å². The molecule has 7 heteroatoms. The fourth-order valence-electron chi connectivity index (χ4n) is 4.77. The number of ether oxygens (including phenoxy) is 2. The number of amides is 1. The lowest BCUT2D eigenvalue weighted by Gasteiger charge is -2.34. The zero-order valence-electron chi connectivity index (χ0n) is 18.3. The molecule has 5 rings (SSSR count). The van der Waals surface area contributed by atoms with Crippen LogP contribution >= 0.6 is 0 Å². The lowest BCUT2D eigenvalue weighted by Crippen LogP contribution is -2.48. The second kappa shape index (κ2) is 8.22. The van der Waals surface area contributed by atoms with Crippen molar-refractivity contribution in [2.24, 2.45) is 5.92 Å². The zero-order chi connectivity index (χ0) is 22.3. The number of nitrogens with zero attached hydrogens (tertiary/aromatic N) is 2. The zero-order valence-corrected chi connectivity index (χ0v) is 18.3. The van der Waals surface area contributed by atoms with E-state index in [1.54, 1.807) is 35.2 Å². The van der Waals surface area contributed by atoms with Crippen LogP contribution in [-0.4, -0.2) is 54.7 Å². The maximum atomic E-state index is 13.5. The molecule has 0 spiro atoms. The third-order valence-electron chi connectivity index (χ3n) is 6.74. The Morgan fingerprint density at radius 2 is 1.81 bits per heavy atom. The molecule has 3 aliphatic rings. The van der Waals surface area contributed by atoms with Crippen molar-refractivity contribution in [2.75, 3.05) is 37.9 Å². The summed E-state index contributed by atoms with van der Waals surface area (Å²) in [6.07, 6.45) is 1.86. The van der Waals surface area contributed by atoms with Crippen LogP contribution < -0.4 is 14.4 Å². The third kappa shape index (κ3) is 3.65. The summed E-state index contributed by atoms with van der Waals surface area (Å²) >= 11 is 0. The van der Waals surface area contributed by atoms with E-state index >= 15 is 0 Å². The molecule has 1 unspecified atom stereocenters. The van der Waals surface area contributed by atoms with Gasteiger partial charge in [-0.3, -0.25) is 19.4 Å². The van der Waals surface area contributed by atoms with Crippen LogP contribution in [0.3, 0.4) is 0 Å². The molecule has 2 aromatic carbocycles. The number of aliphatic hydroxyl groups is 1. The smallest absolute Gasteiger partial charge is 0.265 e. The fourth-order valence-corrected chi connectivity index (χ4v) is 4.77. The number of para-hydroxylation sites is 1. The lowest BCUT2D eigenvalue weighted by molar-refractivity contribution is -0.136. The number of hydrogen-bond acceptors (Lipinski definition) is 6. The average Bonchev–Trinajstić information content (AvgIpc) is 3.02. The summed E-state index contributed by atoms with van der Waals surface area (Å²) in [6, 6.07) is 12.2. The molecule has 1 saturated heterocycles. The van der Waals surface area contributed by atoms with Gasteiger partial charge in [-0.25, -0.2) is 0 Å².